The number of carbonyl (C=O) groups is 3. The molecule has 0 aliphatic rings. The lowest BCUT2D eigenvalue weighted by Crippen LogP contribution is -2.16. The van der Waals surface area contributed by atoms with Gasteiger partial charge in [-0.2, -0.15) is 0 Å². The average molecular weight is 309 g/mol. The second kappa shape index (κ2) is 9.47. The first kappa shape index (κ1) is 18.8. The van der Waals surface area contributed by atoms with Crippen LogP contribution in [0, 0.1) is 0 Å². The lowest BCUT2D eigenvalue weighted by Gasteiger charge is -1.99. The molecule has 0 spiro atoms. The third-order valence-electron chi connectivity index (χ3n) is 1.31. The molecule has 17 heavy (non-hydrogen) atoms. The number of carbonyl (C=O) groups excluding carboxylic acids is 2. The number of aliphatic carboxylic acids is 1. The van der Waals surface area contributed by atoms with Crippen LogP contribution in [0.4, 0.5) is 0 Å². The molecule has 100 valence electrons. The molecule has 9 heteroatoms. The van der Waals surface area contributed by atoms with Crippen molar-refractivity contribution in [2.45, 2.75) is 16.6 Å². The third kappa shape index (κ3) is 13.4. The molecule has 0 fully saturated rings. The summed E-state index contributed by atoms with van der Waals surface area (Å²) >= 11 is 14.4. The number of alkyl halides is 3. The highest BCUT2D eigenvalue weighted by Crippen LogP contribution is 2.25. The zero-order valence-corrected chi connectivity index (χ0v) is 11.2. The molecule has 0 heterocycles. The summed E-state index contributed by atoms with van der Waals surface area (Å²) in [5.41, 5.74) is 5.00. The number of hydrogen-bond acceptors (Lipinski definition) is 5. The largest absolute Gasteiger partial charge is 0.478 e. The quantitative estimate of drug-likeness (QED) is 0.590. The summed E-state index contributed by atoms with van der Waals surface area (Å²) in [5, 5.41) is 7.85. The van der Waals surface area contributed by atoms with Gasteiger partial charge in [0.25, 0.3) is 3.79 Å². The fourth-order valence-corrected chi connectivity index (χ4v) is 0.446. The van der Waals surface area contributed by atoms with Crippen molar-refractivity contribution < 1.29 is 24.2 Å². The summed E-state index contributed by atoms with van der Waals surface area (Å²) < 4.78 is 2.15. The van der Waals surface area contributed by atoms with Crippen molar-refractivity contribution in [2.24, 2.45) is 5.73 Å². The Morgan fingerprint density at radius 3 is 1.88 bits per heavy atom. The molecule has 3 N–H and O–H groups in total. The van der Waals surface area contributed by atoms with Crippen molar-refractivity contribution >= 4 is 52.5 Å². The minimum Gasteiger partial charge on any atom is -0.478 e. The van der Waals surface area contributed by atoms with E-state index < -0.39 is 9.76 Å². The van der Waals surface area contributed by atoms with Gasteiger partial charge in [0.15, 0.2) is 0 Å². The van der Waals surface area contributed by atoms with Gasteiger partial charge in [-0.1, -0.05) is 34.8 Å². The fourth-order valence-electron chi connectivity index (χ4n) is 0.446. The van der Waals surface area contributed by atoms with Gasteiger partial charge in [-0.05, 0) is 0 Å². The highest BCUT2D eigenvalue weighted by Gasteiger charge is 2.29. The number of carboxylic acid groups (broad SMARTS) is 1. The molecular weight excluding hydrogens is 296 g/mol. The predicted molar refractivity (Wildman–Crippen MR) is 63.2 cm³/mol. The molecule has 0 amide bonds. The SMILES string of the molecule is COC(=O)CCC(=O)CN.O=C(O)C(Cl)(Cl)Cl. The summed E-state index contributed by atoms with van der Waals surface area (Å²) in [7, 11) is 1.29. The van der Waals surface area contributed by atoms with E-state index in [-0.39, 0.29) is 31.1 Å². The molecule has 6 nitrogen and oxygen atoms in total. The first-order chi connectivity index (χ1) is 7.65. The smallest absolute Gasteiger partial charge is 0.356 e. The molecule has 0 bridgehead atoms. The van der Waals surface area contributed by atoms with Gasteiger partial charge in [0.1, 0.15) is 5.78 Å². The van der Waals surface area contributed by atoms with E-state index in [2.05, 4.69) is 4.74 Å². The monoisotopic (exact) mass is 307 g/mol. The van der Waals surface area contributed by atoms with Gasteiger partial charge < -0.3 is 15.6 Å². The molecule has 0 aromatic carbocycles. The standard InChI is InChI=1S/C6H11NO3.C2HCl3O2/c1-10-6(9)3-2-5(8)4-7;3-2(4,5)1(6)7/h2-4,7H2,1H3;(H,6,7). The summed E-state index contributed by atoms with van der Waals surface area (Å²) in [4.78, 5) is 30.5. The summed E-state index contributed by atoms with van der Waals surface area (Å²) in [6.07, 6.45) is 0.315. The van der Waals surface area contributed by atoms with Gasteiger partial charge in [0.2, 0.25) is 0 Å². The van der Waals surface area contributed by atoms with Crippen LogP contribution in [0.25, 0.3) is 0 Å². The van der Waals surface area contributed by atoms with E-state index in [1.165, 1.54) is 7.11 Å². The fraction of sp³-hybridized carbons (Fsp3) is 0.625. The average Bonchev–Trinajstić information content (AvgIpc) is 2.24. The van der Waals surface area contributed by atoms with Gasteiger partial charge in [-0.3, -0.25) is 9.59 Å². The number of methoxy groups -OCH3 is 1. The topological polar surface area (TPSA) is 107 Å². The van der Waals surface area contributed by atoms with Crippen molar-refractivity contribution in [3.05, 3.63) is 0 Å². The molecule has 0 saturated heterocycles. The number of Topliss-reactive ketones (excluding diaryl/α,β-unsaturated/α-hetero) is 1. The second-order valence-electron chi connectivity index (χ2n) is 2.62. The van der Waals surface area contributed by atoms with Crippen LogP contribution in [0.5, 0.6) is 0 Å². The maximum atomic E-state index is 10.5. The Labute approximate surface area is 113 Å². The zero-order valence-electron chi connectivity index (χ0n) is 8.91. The Balaban J connectivity index is 0. The Hall–Kier alpha value is -0.560. The van der Waals surface area contributed by atoms with E-state index in [9.17, 15) is 14.4 Å². The van der Waals surface area contributed by atoms with Crippen molar-refractivity contribution in [3.63, 3.8) is 0 Å². The maximum absolute atomic E-state index is 10.5. The predicted octanol–water partition coefficient (Wildman–Crippen LogP) is 0.909. The first-order valence-electron chi connectivity index (χ1n) is 4.23. The molecule has 0 aliphatic heterocycles. The van der Waals surface area contributed by atoms with Crippen LogP contribution in [0.3, 0.4) is 0 Å². The van der Waals surface area contributed by atoms with Crippen LogP contribution < -0.4 is 5.73 Å². The molecule has 0 radical (unpaired) electrons. The highest BCUT2D eigenvalue weighted by molar-refractivity contribution is 6.75. The highest BCUT2D eigenvalue weighted by atomic mass is 35.6. The van der Waals surface area contributed by atoms with E-state index in [0.29, 0.717) is 0 Å². The minimum atomic E-state index is -2.17. The van der Waals surface area contributed by atoms with Gasteiger partial charge >= 0.3 is 11.9 Å². The molecule has 0 rings (SSSR count). The first-order valence-corrected chi connectivity index (χ1v) is 5.37. The lowest BCUT2D eigenvalue weighted by molar-refractivity contribution is -0.141. The summed E-state index contributed by atoms with van der Waals surface area (Å²) in [6.45, 7) is -0.00298. The molecule has 0 unspecified atom stereocenters. The van der Waals surface area contributed by atoms with Crippen LogP contribution in [-0.4, -0.2) is 40.3 Å². The van der Waals surface area contributed by atoms with Crippen molar-refractivity contribution in [3.8, 4) is 0 Å². The maximum Gasteiger partial charge on any atom is 0.356 e. The number of nitrogens with two attached hydrogens (primary N) is 1. The van der Waals surface area contributed by atoms with Crippen LogP contribution in [0.1, 0.15) is 12.8 Å². The number of halogens is 3. The molecule has 0 atom stereocenters. The van der Waals surface area contributed by atoms with E-state index in [0.717, 1.165) is 0 Å². The number of hydrogen-bond donors (Lipinski definition) is 2. The Bertz CT molecular complexity index is 261. The van der Waals surface area contributed by atoms with Gasteiger partial charge in [-0.25, -0.2) is 4.79 Å². The van der Waals surface area contributed by atoms with Crippen molar-refractivity contribution in [1.82, 2.24) is 0 Å². The van der Waals surface area contributed by atoms with Crippen LogP contribution in [-0.2, 0) is 19.1 Å². The number of ketones is 1. The Morgan fingerprint density at radius 1 is 1.24 bits per heavy atom. The molecule has 0 saturated carbocycles. The number of rotatable bonds is 4. The number of ether oxygens (including phenoxy) is 1. The lowest BCUT2D eigenvalue weighted by atomic mass is 10.2. The second-order valence-corrected chi connectivity index (χ2v) is 4.90. The van der Waals surface area contributed by atoms with Crippen LogP contribution >= 0.6 is 34.8 Å². The van der Waals surface area contributed by atoms with Crippen molar-refractivity contribution in [1.29, 1.82) is 0 Å². The van der Waals surface area contributed by atoms with Crippen LogP contribution in [0.15, 0.2) is 0 Å². The van der Waals surface area contributed by atoms with E-state index in [1.807, 2.05) is 0 Å². The van der Waals surface area contributed by atoms with Gasteiger partial charge in [0, 0.05) is 6.42 Å². The van der Waals surface area contributed by atoms with E-state index >= 15 is 0 Å². The summed E-state index contributed by atoms with van der Waals surface area (Å²) in [6, 6.07) is 0. The molecular formula is C8H12Cl3NO5. The third-order valence-corrected chi connectivity index (χ3v) is 1.79. The zero-order chi connectivity index (χ0) is 14.1. The Kier molecular flexibility index (Phi) is 10.5. The van der Waals surface area contributed by atoms with Gasteiger partial charge in [0.05, 0.1) is 20.1 Å². The normalized spacial score (nSPS) is 9.94. The molecule has 0 aromatic heterocycles. The van der Waals surface area contributed by atoms with Crippen molar-refractivity contribution in [2.75, 3.05) is 13.7 Å². The minimum absolute atomic E-state index is 0.00298. The summed E-state index contributed by atoms with van der Waals surface area (Å²) in [5.74, 6) is -1.95. The number of carboxylic acids is 1. The van der Waals surface area contributed by atoms with Gasteiger partial charge in [-0.15, -0.1) is 0 Å². The molecule has 0 aliphatic carbocycles. The van der Waals surface area contributed by atoms with Crippen LogP contribution in [0.2, 0.25) is 0 Å². The van der Waals surface area contributed by atoms with E-state index in [1.54, 1.807) is 0 Å². The van der Waals surface area contributed by atoms with E-state index in [4.69, 9.17) is 45.6 Å². The molecule has 0 aromatic rings. The Morgan fingerprint density at radius 2 is 1.65 bits per heavy atom. The number of esters is 1.